The molecule has 2 amide bonds. The van der Waals surface area contributed by atoms with Crippen LogP contribution < -0.4 is 10.6 Å². The number of aromatic nitrogens is 1. The highest BCUT2D eigenvalue weighted by Gasteiger charge is 2.38. The Morgan fingerprint density at radius 2 is 1.68 bits per heavy atom. The van der Waals surface area contributed by atoms with Crippen LogP contribution in [0.4, 0.5) is 5.69 Å². The lowest BCUT2D eigenvalue weighted by atomic mass is 9.91. The Morgan fingerprint density at radius 1 is 0.955 bits per heavy atom. The number of pyridine rings is 1. The van der Waals surface area contributed by atoms with E-state index in [1.165, 1.54) is 24.8 Å². The van der Waals surface area contributed by atoms with E-state index in [0.29, 0.717) is 29.4 Å². The van der Waals surface area contributed by atoms with Crippen molar-refractivity contribution in [2.24, 2.45) is 5.92 Å². The van der Waals surface area contributed by atoms with Gasteiger partial charge in [-0.3, -0.25) is 9.59 Å². The maximum atomic E-state index is 12.4. The van der Waals surface area contributed by atoms with Gasteiger partial charge in [0.2, 0.25) is 11.8 Å². The van der Waals surface area contributed by atoms with E-state index < -0.39 is 12.3 Å². The molecule has 1 fully saturated rings. The maximum absolute atomic E-state index is 12.4. The maximum Gasteiger partial charge on any atom is 0.338 e. The standard InChI is InChI=1S/C33H39N3O7S/c1-21-28(20-44-31-27(32(40)41)7-6-18-35-31)42-33(43-30(21)24-11-9-23(19-37)10-12-24)25-13-15-26(16-14-25)36-29(39)8-4-3-5-17-34-22(2)38/h6-7,9-16,18,21,28,30,33,37H,3-5,8,17,19-20H2,1-2H3,(H,34,38)(H,36,39)(H,40,41)/t21-,28+,30+,33+/m0/s1. The van der Waals surface area contributed by atoms with E-state index in [1.807, 2.05) is 55.5 Å². The van der Waals surface area contributed by atoms with Gasteiger partial charge in [-0.2, -0.15) is 0 Å². The van der Waals surface area contributed by atoms with Crippen LogP contribution in [0.5, 0.6) is 0 Å². The number of aliphatic hydroxyl groups is 1. The number of nitrogens with one attached hydrogen (secondary N) is 2. The smallest absolute Gasteiger partial charge is 0.338 e. The molecule has 10 nitrogen and oxygen atoms in total. The first-order valence-corrected chi connectivity index (χ1v) is 15.7. The third kappa shape index (κ3) is 9.36. The molecule has 0 bridgehead atoms. The van der Waals surface area contributed by atoms with E-state index in [1.54, 1.807) is 12.3 Å². The van der Waals surface area contributed by atoms with Crippen LogP contribution in [0, 0.1) is 5.92 Å². The monoisotopic (exact) mass is 621 g/mol. The highest BCUT2D eigenvalue weighted by atomic mass is 32.2. The van der Waals surface area contributed by atoms with Crippen molar-refractivity contribution < 1.29 is 34.1 Å². The zero-order chi connectivity index (χ0) is 31.5. The van der Waals surface area contributed by atoms with Crippen LogP contribution in [-0.4, -0.2) is 51.4 Å². The zero-order valence-corrected chi connectivity index (χ0v) is 25.7. The number of hydrogen-bond donors (Lipinski definition) is 4. The number of ether oxygens (including phenoxy) is 2. The van der Waals surface area contributed by atoms with Crippen molar-refractivity contribution in [1.29, 1.82) is 0 Å². The number of carboxylic acid groups (broad SMARTS) is 1. The van der Waals surface area contributed by atoms with E-state index in [2.05, 4.69) is 15.6 Å². The number of nitrogens with zero attached hydrogens (tertiary/aromatic N) is 1. The molecule has 0 unspecified atom stereocenters. The molecule has 11 heteroatoms. The van der Waals surface area contributed by atoms with Crippen molar-refractivity contribution in [3.63, 3.8) is 0 Å². The normalized spacial score (nSPS) is 19.7. The molecule has 0 radical (unpaired) electrons. The third-order valence-electron chi connectivity index (χ3n) is 7.43. The number of unbranched alkanes of at least 4 members (excludes halogenated alkanes) is 2. The second-order valence-electron chi connectivity index (χ2n) is 10.8. The number of aromatic carboxylic acids is 1. The van der Waals surface area contributed by atoms with E-state index in [0.717, 1.165) is 36.0 Å². The number of amides is 2. The van der Waals surface area contributed by atoms with Crippen LogP contribution in [0.25, 0.3) is 0 Å². The number of rotatable bonds is 14. The summed E-state index contributed by atoms with van der Waals surface area (Å²) in [6.45, 7) is 4.09. The van der Waals surface area contributed by atoms with Crippen LogP contribution in [0.1, 0.15) is 79.0 Å². The van der Waals surface area contributed by atoms with Crippen molar-refractivity contribution in [3.8, 4) is 0 Å². The Kier molecular flexibility index (Phi) is 12.3. The van der Waals surface area contributed by atoms with Gasteiger partial charge in [0.1, 0.15) is 5.03 Å². The molecule has 4 rings (SSSR count). The number of anilines is 1. The van der Waals surface area contributed by atoms with E-state index in [4.69, 9.17) is 9.47 Å². The lowest BCUT2D eigenvalue weighted by molar-refractivity contribution is -0.268. The summed E-state index contributed by atoms with van der Waals surface area (Å²) >= 11 is 1.34. The van der Waals surface area contributed by atoms with Crippen LogP contribution in [0.2, 0.25) is 0 Å². The summed E-state index contributed by atoms with van der Waals surface area (Å²) in [5.74, 6) is -0.772. The number of hydrogen-bond acceptors (Lipinski definition) is 8. The molecule has 1 aliphatic rings. The summed E-state index contributed by atoms with van der Waals surface area (Å²) in [6.07, 6.45) is 3.07. The quantitative estimate of drug-likeness (QED) is 0.135. The molecule has 2 heterocycles. The molecule has 0 aliphatic carbocycles. The van der Waals surface area contributed by atoms with Crippen molar-refractivity contribution in [3.05, 3.63) is 89.1 Å². The highest BCUT2D eigenvalue weighted by molar-refractivity contribution is 7.99. The molecule has 2 aromatic carbocycles. The van der Waals surface area contributed by atoms with E-state index in [-0.39, 0.29) is 42.1 Å². The number of carbonyl (C=O) groups is 3. The second-order valence-corrected chi connectivity index (χ2v) is 11.8. The Balaban J connectivity index is 1.43. The largest absolute Gasteiger partial charge is 0.478 e. The van der Waals surface area contributed by atoms with Crippen molar-refractivity contribution in [2.45, 2.75) is 69.7 Å². The molecule has 234 valence electrons. The Bertz CT molecular complexity index is 1400. The van der Waals surface area contributed by atoms with Crippen LogP contribution in [-0.2, 0) is 25.7 Å². The van der Waals surface area contributed by atoms with E-state index in [9.17, 15) is 24.6 Å². The molecule has 0 spiro atoms. The number of thioether (sulfide) groups is 1. The Labute approximate surface area is 261 Å². The van der Waals surface area contributed by atoms with Gasteiger partial charge in [-0.15, -0.1) is 11.8 Å². The average Bonchev–Trinajstić information content (AvgIpc) is 3.02. The highest BCUT2D eigenvalue weighted by Crippen LogP contribution is 2.43. The summed E-state index contributed by atoms with van der Waals surface area (Å²) in [5, 5.41) is 25.2. The fourth-order valence-corrected chi connectivity index (χ4v) is 6.09. The molecule has 4 N–H and O–H groups in total. The lowest BCUT2D eigenvalue weighted by Crippen LogP contribution is -2.38. The Hall–Kier alpha value is -3.77. The number of carboxylic acids is 1. The van der Waals surface area contributed by atoms with Crippen LogP contribution in [0.15, 0.2) is 71.9 Å². The van der Waals surface area contributed by atoms with Crippen LogP contribution >= 0.6 is 11.8 Å². The number of aliphatic hydroxyl groups excluding tert-OH is 1. The third-order valence-corrected chi connectivity index (χ3v) is 8.52. The fraction of sp³-hybridized carbons (Fsp3) is 0.394. The van der Waals surface area contributed by atoms with Gasteiger partial charge in [0, 0.05) is 49.0 Å². The molecule has 1 saturated heterocycles. The molecule has 0 saturated carbocycles. The van der Waals surface area contributed by atoms with Gasteiger partial charge in [-0.1, -0.05) is 49.7 Å². The SMILES string of the molecule is CC(=O)NCCCCCC(=O)Nc1ccc([C@@H]2O[C@H](CSc3ncccc3C(=O)O)[C@H](C)[C@H](c3ccc(CO)cc3)O2)cc1. The van der Waals surface area contributed by atoms with Gasteiger partial charge in [-0.25, -0.2) is 9.78 Å². The van der Waals surface area contributed by atoms with Crippen LogP contribution in [0.3, 0.4) is 0 Å². The van der Waals surface area contributed by atoms with Gasteiger partial charge in [0.05, 0.1) is 24.4 Å². The second kappa shape index (κ2) is 16.3. The topological polar surface area (TPSA) is 147 Å². The predicted octanol–water partition coefficient (Wildman–Crippen LogP) is 5.49. The molecule has 1 aliphatic heterocycles. The average molecular weight is 622 g/mol. The summed E-state index contributed by atoms with van der Waals surface area (Å²) < 4.78 is 12.9. The first-order chi connectivity index (χ1) is 21.2. The van der Waals surface area contributed by atoms with Crippen molar-refractivity contribution >= 4 is 35.2 Å². The minimum Gasteiger partial charge on any atom is -0.478 e. The van der Waals surface area contributed by atoms with Crippen molar-refractivity contribution in [1.82, 2.24) is 10.3 Å². The van der Waals surface area contributed by atoms with E-state index >= 15 is 0 Å². The molecular weight excluding hydrogens is 582 g/mol. The summed E-state index contributed by atoms with van der Waals surface area (Å²) in [6, 6.07) is 18.1. The minimum absolute atomic E-state index is 0.0508. The summed E-state index contributed by atoms with van der Waals surface area (Å²) in [4.78, 5) is 39.4. The lowest BCUT2D eigenvalue weighted by Gasteiger charge is -2.41. The zero-order valence-electron chi connectivity index (χ0n) is 24.9. The van der Waals surface area contributed by atoms with Gasteiger partial charge in [0.15, 0.2) is 6.29 Å². The van der Waals surface area contributed by atoms with Gasteiger partial charge >= 0.3 is 5.97 Å². The predicted molar refractivity (Wildman–Crippen MR) is 167 cm³/mol. The Morgan fingerprint density at radius 3 is 2.36 bits per heavy atom. The van der Waals surface area contributed by atoms with Gasteiger partial charge < -0.3 is 30.3 Å². The van der Waals surface area contributed by atoms with Gasteiger partial charge in [0.25, 0.3) is 0 Å². The molecule has 3 aromatic rings. The molecule has 4 atom stereocenters. The molecule has 44 heavy (non-hydrogen) atoms. The first-order valence-electron chi connectivity index (χ1n) is 14.7. The minimum atomic E-state index is -1.03. The fourth-order valence-electron chi connectivity index (χ4n) is 4.94. The summed E-state index contributed by atoms with van der Waals surface area (Å²) in [7, 11) is 0. The number of benzene rings is 2. The first kappa shape index (κ1) is 33.1. The van der Waals surface area contributed by atoms with Gasteiger partial charge in [-0.05, 0) is 48.2 Å². The number of carbonyl (C=O) groups excluding carboxylic acids is 2. The summed E-state index contributed by atoms with van der Waals surface area (Å²) in [5.41, 5.74) is 3.34. The molecule has 1 aromatic heterocycles. The van der Waals surface area contributed by atoms with Crippen molar-refractivity contribution in [2.75, 3.05) is 17.6 Å². The molecular formula is C33H39N3O7S.